The number of urea groups is 1. The summed E-state index contributed by atoms with van der Waals surface area (Å²) in [5, 5.41) is 8.69. The molecule has 0 radical (unpaired) electrons. The van der Waals surface area contributed by atoms with Gasteiger partial charge in [-0.3, -0.25) is 4.79 Å². The summed E-state index contributed by atoms with van der Waals surface area (Å²) in [6.45, 7) is 2.45. The van der Waals surface area contributed by atoms with E-state index in [1.807, 2.05) is 25.1 Å². The molecule has 0 saturated heterocycles. The first-order valence-corrected chi connectivity index (χ1v) is 9.07. The largest absolute Gasteiger partial charge is 0.495 e. The van der Waals surface area contributed by atoms with Crippen LogP contribution in [-0.2, 0) is 4.79 Å². The van der Waals surface area contributed by atoms with Crippen LogP contribution in [0.25, 0.3) is 0 Å². The number of rotatable bonds is 7. The van der Waals surface area contributed by atoms with Crippen LogP contribution in [0.3, 0.4) is 0 Å². The van der Waals surface area contributed by atoms with Crippen molar-refractivity contribution in [1.82, 2.24) is 10.6 Å². The maximum absolute atomic E-state index is 12.1. The number of ether oxygens (including phenoxy) is 1. The predicted molar refractivity (Wildman–Crippen MR) is 99.0 cm³/mol. The number of methoxy groups -OCH3 is 1. The zero-order valence-electron chi connectivity index (χ0n) is 15.2. The molecule has 0 aliphatic heterocycles. The van der Waals surface area contributed by atoms with Crippen LogP contribution in [0.15, 0.2) is 18.2 Å². The molecule has 0 aromatic heterocycles. The normalized spacial score (nSPS) is 14.6. The molecule has 1 fully saturated rings. The second-order valence-electron chi connectivity index (χ2n) is 6.59. The van der Waals surface area contributed by atoms with E-state index >= 15 is 0 Å². The Balaban J connectivity index is 1.65. The molecular formula is C19H29N3O3. The average molecular weight is 347 g/mol. The lowest BCUT2D eigenvalue weighted by Crippen LogP contribution is -2.43. The number of amides is 3. The predicted octanol–water partition coefficient (Wildman–Crippen LogP) is 3.35. The fraction of sp³-hybridized carbons (Fsp3) is 0.579. The van der Waals surface area contributed by atoms with Crippen molar-refractivity contribution in [3.05, 3.63) is 23.8 Å². The summed E-state index contributed by atoms with van der Waals surface area (Å²) in [6, 6.07) is 5.82. The zero-order valence-corrected chi connectivity index (χ0v) is 15.2. The van der Waals surface area contributed by atoms with Gasteiger partial charge in [-0.05, 0) is 43.9 Å². The highest BCUT2D eigenvalue weighted by Crippen LogP contribution is 2.25. The van der Waals surface area contributed by atoms with Gasteiger partial charge in [0, 0.05) is 19.0 Å². The SMILES string of the molecule is COc1ccc(C)cc1NC(=O)CCCNC(=O)NC1CCCCC1. The van der Waals surface area contributed by atoms with E-state index in [0.717, 1.165) is 18.4 Å². The highest BCUT2D eigenvalue weighted by Gasteiger charge is 2.15. The van der Waals surface area contributed by atoms with E-state index in [2.05, 4.69) is 16.0 Å². The van der Waals surface area contributed by atoms with Crippen LogP contribution >= 0.6 is 0 Å². The molecule has 0 bridgehead atoms. The van der Waals surface area contributed by atoms with E-state index < -0.39 is 0 Å². The molecule has 25 heavy (non-hydrogen) atoms. The smallest absolute Gasteiger partial charge is 0.315 e. The second kappa shape index (κ2) is 9.91. The Kier molecular flexibility index (Phi) is 7.57. The first-order valence-electron chi connectivity index (χ1n) is 9.07. The summed E-state index contributed by atoms with van der Waals surface area (Å²) < 4.78 is 5.25. The third-order valence-electron chi connectivity index (χ3n) is 4.44. The fourth-order valence-electron chi connectivity index (χ4n) is 3.07. The van der Waals surface area contributed by atoms with Gasteiger partial charge in [0.2, 0.25) is 5.91 Å². The van der Waals surface area contributed by atoms with Crippen LogP contribution in [-0.4, -0.2) is 31.6 Å². The first-order chi connectivity index (χ1) is 12.1. The van der Waals surface area contributed by atoms with Crippen molar-refractivity contribution >= 4 is 17.6 Å². The van der Waals surface area contributed by atoms with Crippen LogP contribution < -0.4 is 20.7 Å². The number of nitrogens with one attached hydrogen (secondary N) is 3. The van der Waals surface area contributed by atoms with Crippen molar-refractivity contribution in [1.29, 1.82) is 0 Å². The molecule has 1 aromatic rings. The lowest BCUT2D eigenvalue weighted by molar-refractivity contribution is -0.116. The summed E-state index contributed by atoms with van der Waals surface area (Å²) in [7, 11) is 1.58. The molecule has 1 aromatic carbocycles. The third kappa shape index (κ3) is 6.64. The number of hydrogen-bond acceptors (Lipinski definition) is 3. The standard InChI is InChI=1S/C19H29N3O3/c1-14-10-11-17(25-2)16(13-14)22-18(23)9-6-12-20-19(24)21-15-7-4-3-5-8-15/h10-11,13,15H,3-9,12H2,1-2H3,(H,22,23)(H2,20,21,24). The summed E-state index contributed by atoms with van der Waals surface area (Å²) in [4.78, 5) is 23.9. The number of carbonyl (C=O) groups is 2. The highest BCUT2D eigenvalue weighted by atomic mass is 16.5. The van der Waals surface area contributed by atoms with Gasteiger partial charge >= 0.3 is 6.03 Å². The van der Waals surface area contributed by atoms with Gasteiger partial charge in [-0.25, -0.2) is 4.79 Å². The van der Waals surface area contributed by atoms with Gasteiger partial charge in [0.05, 0.1) is 12.8 Å². The maximum Gasteiger partial charge on any atom is 0.315 e. The van der Waals surface area contributed by atoms with Crippen molar-refractivity contribution < 1.29 is 14.3 Å². The van der Waals surface area contributed by atoms with E-state index in [1.165, 1.54) is 19.3 Å². The summed E-state index contributed by atoms with van der Waals surface area (Å²) in [5.41, 5.74) is 1.73. The fourth-order valence-corrected chi connectivity index (χ4v) is 3.07. The van der Waals surface area contributed by atoms with Crippen molar-refractivity contribution in [3.63, 3.8) is 0 Å². The van der Waals surface area contributed by atoms with E-state index in [1.54, 1.807) is 7.11 Å². The Morgan fingerprint density at radius 3 is 2.68 bits per heavy atom. The van der Waals surface area contributed by atoms with Crippen molar-refractivity contribution in [2.75, 3.05) is 19.0 Å². The average Bonchev–Trinajstić information content (AvgIpc) is 2.60. The molecule has 2 rings (SSSR count). The Labute approximate surface area is 149 Å². The monoisotopic (exact) mass is 347 g/mol. The number of anilines is 1. The van der Waals surface area contributed by atoms with E-state index in [-0.39, 0.29) is 11.9 Å². The molecule has 6 heteroatoms. The van der Waals surface area contributed by atoms with Crippen molar-refractivity contribution in [3.8, 4) is 5.75 Å². The van der Waals surface area contributed by atoms with E-state index in [4.69, 9.17) is 4.74 Å². The van der Waals surface area contributed by atoms with Crippen molar-refractivity contribution in [2.24, 2.45) is 0 Å². The van der Waals surface area contributed by atoms with Crippen LogP contribution in [0, 0.1) is 6.92 Å². The lowest BCUT2D eigenvalue weighted by Gasteiger charge is -2.22. The van der Waals surface area contributed by atoms with Gasteiger partial charge in [-0.2, -0.15) is 0 Å². The summed E-state index contributed by atoms with van der Waals surface area (Å²) in [5.74, 6) is 0.558. The molecule has 3 N–H and O–H groups in total. The van der Waals surface area contributed by atoms with Crippen LogP contribution in [0.4, 0.5) is 10.5 Å². The minimum Gasteiger partial charge on any atom is -0.495 e. The Bertz CT molecular complexity index is 583. The molecule has 0 heterocycles. The highest BCUT2D eigenvalue weighted by molar-refractivity contribution is 5.92. The minimum atomic E-state index is -0.132. The molecule has 0 unspecified atom stereocenters. The molecule has 6 nitrogen and oxygen atoms in total. The molecule has 0 atom stereocenters. The summed E-state index contributed by atoms with van der Waals surface area (Å²) in [6.07, 6.45) is 6.71. The van der Waals surface area contributed by atoms with Gasteiger partial charge in [-0.15, -0.1) is 0 Å². The summed E-state index contributed by atoms with van der Waals surface area (Å²) >= 11 is 0. The number of benzene rings is 1. The van der Waals surface area contributed by atoms with Gasteiger partial charge in [-0.1, -0.05) is 25.3 Å². The lowest BCUT2D eigenvalue weighted by atomic mass is 9.96. The zero-order chi connectivity index (χ0) is 18.1. The molecule has 1 aliphatic rings. The number of hydrogen-bond donors (Lipinski definition) is 3. The van der Waals surface area contributed by atoms with E-state index in [9.17, 15) is 9.59 Å². The number of aryl methyl sites for hydroxylation is 1. The molecule has 1 aliphatic carbocycles. The number of carbonyl (C=O) groups excluding carboxylic acids is 2. The minimum absolute atomic E-state index is 0.0848. The molecular weight excluding hydrogens is 318 g/mol. The Morgan fingerprint density at radius 1 is 1.20 bits per heavy atom. The van der Waals surface area contributed by atoms with Gasteiger partial charge < -0.3 is 20.7 Å². The Hall–Kier alpha value is -2.24. The quantitative estimate of drug-likeness (QED) is 0.662. The molecule has 138 valence electrons. The maximum atomic E-state index is 12.1. The van der Waals surface area contributed by atoms with Crippen molar-refractivity contribution in [2.45, 2.75) is 57.9 Å². The third-order valence-corrected chi connectivity index (χ3v) is 4.44. The van der Waals surface area contributed by atoms with Crippen LogP contribution in [0.1, 0.15) is 50.5 Å². The topological polar surface area (TPSA) is 79.5 Å². The van der Waals surface area contributed by atoms with Gasteiger partial charge in [0.15, 0.2) is 0 Å². The van der Waals surface area contributed by atoms with Gasteiger partial charge in [0.25, 0.3) is 0 Å². The van der Waals surface area contributed by atoms with E-state index in [0.29, 0.717) is 36.9 Å². The van der Waals surface area contributed by atoms with Gasteiger partial charge in [0.1, 0.15) is 5.75 Å². The molecule has 0 spiro atoms. The first kappa shape index (κ1) is 19.1. The Morgan fingerprint density at radius 2 is 1.96 bits per heavy atom. The molecule has 3 amide bonds. The second-order valence-corrected chi connectivity index (χ2v) is 6.59. The van der Waals surface area contributed by atoms with Crippen LogP contribution in [0.5, 0.6) is 5.75 Å². The van der Waals surface area contributed by atoms with Crippen LogP contribution in [0.2, 0.25) is 0 Å². The molecule has 1 saturated carbocycles.